The lowest BCUT2D eigenvalue weighted by molar-refractivity contribution is 0.100. The van der Waals surface area contributed by atoms with E-state index >= 15 is 0 Å². The third-order valence-corrected chi connectivity index (χ3v) is 4.33. The molecule has 0 atom stereocenters. The molecule has 0 aliphatic carbocycles. The van der Waals surface area contributed by atoms with Crippen molar-refractivity contribution in [2.75, 3.05) is 20.8 Å². The van der Waals surface area contributed by atoms with Gasteiger partial charge in [0, 0.05) is 10.0 Å². The van der Waals surface area contributed by atoms with Gasteiger partial charge in [-0.3, -0.25) is 4.79 Å². The fraction of sp³-hybridized carbons (Fsp3) is 0.167. The van der Waals surface area contributed by atoms with Gasteiger partial charge in [-0.05, 0) is 35.9 Å². The number of hydrogen-bond donors (Lipinski definition) is 0. The summed E-state index contributed by atoms with van der Waals surface area (Å²) in [5.41, 5.74) is 2.01. The largest absolute Gasteiger partial charge is 0.493 e. The summed E-state index contributed by atoms with van der Waals surface area (Å²) in [5.74, 6) is 1.83. The average Bonchev–Trinajstić information content (AvgIpc) is 2.58. The van der Waals surface area contributed by atoms with Gasteiger partial charge in [0.25, 0.3) is 0 Å². The summed E-state index contributed by atoms with van der Waals surface area (Å²) in [6, 6.07) is 10.9. The van der Waals surface area contributed by atoms with Gasteiger partial charge >= 0.3 is 0 Å². The van der Waals surface area contributed by atoms with Crippen molar-refractivity contribution in [3.63, 3.8) is 0 Å². The van der Waals surface area contributed by atoms with E-state index in [2.05, 4.69) is 15.9 Å². The molecule has 1 aliphatic rings. The molecule has 1 aliphatic heterocycles. The Hall–Kier alpha value is -2.27. The highest BCUT2D eigenvalue weighted by atomic mass is 79.9. The van der Waals surface area contributed by atoms with Crippen LogP contribution in [-0.4, -0.2) is 26.6 Å². The molecule has 0 fully saturated rings. The molecule has 2 aromatic rings. The number of para-hydroxylation sites is 1. The van der Waals surface area contributed by atoms with Gasteiger partial charge in [-0.25, -0.2) is 0 Å². The number of carbonyl (C=O) groups is 1. The summed E-state index contributed by atoms with van der Waals surface area (Å²) < 4.78 is 17.0. The standard InChI is InChI=1S/C18H15BrO4/c1-21-16-8-11(14(19)9-17(16)22-2)7-12-10-23-15-6-4-3-5-13(15)18(12)20/h3-9H,10H2,1-2H3. The van der Waals surface area contributed by atoms with Crippen LogP contribution in [0.3, 0.4) is 0 Å². The van der Waals surface area contributed by atoms with E-state index in [4.69, 9.17) is 14.2 Å². The van der Waals surface area contributed by atoms with Crippen LogP contribution < -0.4 is 14.2 Å². The van der Waals surface area contributed by atoms with Crippen LogP contribution in [0, 0.1) is 0 Å². The van der Waals surface area contributed by atoms with Crippen LogP contribution in [0.5, 0.6) is 17.2 Å². The molecular weight excluding hydrogens is 360 g/mol. The quantitative estimate of drug-likeness (QED) is 0.757. The average molecular weight is 375 g/mol. The second kappa shape index (κ2) is 6.46. The molecule has 4 nitrogen and oxygen atoms in total. The maximum atomic E-state index is 12.6. The normalized spacial score (nSPS) is 15.1. The SMILES string of the molecule is COc1cc(Br)c(C=C2COc3ccccc3C2=O)cc1OC. The van der Waals surface area contributed by atoms with Crippen LogP contribution in [0.25, 0.3) is 6.08 Å². The van der Waals surface area contributed by atoms with E-state index in [0.717, 1.165) is 10.0 Å². The lowest BCUT2D eigenvalue weighted by atomic mass is 9.98. The Balaban J connectivity index is 2.01. The van der Waals surface area contributed by atoms with Gasteiger partial charge < -0.3 is 14.2 Å². The molecule has 0 amide bonds. The molecule has 118 valence electrons. The first-order chi connectivity index (χ1) is 11.1. The first kappa shape index (κ1) is 15.6. The maximum absolute atomic E-state index is 12.6. The van der Waals surface area contributed by atoms with E-state index < -0.39 is 0 Å². The monoisotopic (exact) mass is 374 g/mol. The van der Waals surface area contributed by atoms with Gasteiger partial charge in [-0.1, -0.05) is 28.1 Å². The molecule has 0 unspecified atom stereocenters. The molecule has 5 heteroatoms. The second-order valence-corrected chi connectivity index (χ2v) is 5.87. The van der Waals surface area contributed by atoms with E-state index in [1.807, 2.05) is 30.3 Å². The summed E-state index contributed by atoms with van der Waals surface area (Å²) in [7, 11) is 3.16. The molecule has 2 aromatic carbocycles. The van der Waals surface area contributed by atoms with Crippen LogP contribution in [0.15, 0.2) is 46.4 Å². The number of methoxy groups -OCH3 is 2. The second-order valence-electron chi connectivity index (χ2n) is 5.01. The molecule has 23 heavy (non-hydrogen) atoms. The number of rotatable bonds is 3. The Morgan fingerprint density at radius 1 is 1.13 bits per heavy atom. The number of ether oxygens (including phenoxy) is 3. The van der Waals surface area contributed by atoms with Gasteiger partial charge in [0.05, 0.1) is 19.8 Å². The number of ketones is 1. The lowest BCUT2D eigenvalue weighted by Crippen LogP contribution is -2.18. The van der Waals surface area contributed by atoms with Crippen molar-refractivity contribution in [2.45, 2.75) is 0 Å². The summed E-state index contributed by atoms with van der Waals surface area (Å²) in [6.45, 7) is 0.247. The summed E-state index contributed by atoms with van der Waals surface area (Å²) in [5, 5.41) is 0. The predicted octanol–water partition coefficient (Wildman–Crippen LogP) is 4.13. The molecule has 3 rings (SSSR count). The van der Waals surface area contributed by atoms with Crippen molar-refractivity contribution in [1.82, 2.24) is 0 Å². The molecular formula is C18H15BrO4. The molecule has 0 saturated carbocycles. The molecule has 0 aromatic heterocycles. The molecule has 0 N–H and O–H groups in total. The number of carbonyl (C=O) groups excluding carboxylic acids is 1. The zero-order chi connectivity index (χ0) is 16.4. The Labute approximate surface area is 142 Å². The van der Waals surface area contributed by atoms with Crippen molar-refractivity contribution in [1.29, 1.82) is 0 Å². The molecule has 0 bridgehead atoms. The van der Waals surface area contributed by atoms with Crippen LogP contribution in [0.4, 0.5) is 0 Å². The molecule has 0 spiro atoms. The zero-order valence-electron chi connectivity index (χ0n) is 12.8. The fourth-order valence-corrected chi connectivity index (χ4v) is 2.89. The van der Waals surface area contributed by atoms with Crippen LogP contribution in [0.2, 0.25) is 0 Å². The van der Waals surface area contributed by atoms with Crippen molar-refractivity contribution in [3.05, 3.63) is 57.6 Å². The third kappa shape index (κ3) is 2.97. The first-order valence-corrected chi connectivity index (χ1v) is 7.82. The van der Waals surface area contributed by atoms with Gasteiger partial charge in [-0.2, -0.15) is 0 Å². The number of Topliss-reactive ketones (excluding diaryl/α,β-unsaturated/α-hetero) is 1. The minimum absolute atomic E-state index is 0.0199. The predicted molar refractivity (Wildman–Crippen MR) is 91.5 cm³/mol. The highest BCUT2D eigenvalue weighted by molar-refractivity contribution is 9.10. The number of benzene rings is 2. The van der Waals surface area contributed by atoms with Crippen molar-refractivity contribution in [3.8, 4) is 17.2 Å². The number of fused-ring (bicyclic) bond motifs is 1. The van der Waals surface area contributed by atoms with Crippen LogP contribution in [0.1, 0.15) is 15.9 Å². The van der Waals surface area contributed by atoms with Gasteiger partial charge in [-0.15, -0.1) is 0 Å². The van der Waals surface area contributed by atoms with E-state index in [1.54, 1.807) is 26.4 Å². The summed E-state index contributed by atoms with van der Waals surface area (Å²) in [4.78, 5) is 12.6. The van der Waals surface area contributed by atoms with Crippen molar-refractivity contribution < 1.29 is 19.0 Å². The van der Waals surface area contributed by atoms with E-state index in [1.165, 1.54) is 0 Å². The Kier molecular flexibility index (Phi) is 4.39. The van der Waals surface area contributed by atoms with E-state index in [9.17, 15) is 4.79 Å². The molecule has 0 radical (unpaired) electrons. The topological polar surface area (TPSA) is 44.8 Å². The van der Waals surface area contributed by atoms with Crippen molar-refractivity contribution >= 4 is 27.8 Å². The molecule has 0 saturated heterocycles. The molecule has 1 heterocycles. The van der Waals surface area contributed by atoms with Gasteiger partial charge in [0.1, 0.15) is 12.4 Å². The fourth-order valence-electron chi connectivity index (χ4n) is 2.45. The zero-order valence-corrected chi connectivity index (χ0v) is 14.3. The Bertz CT molecular complexity index is 796. The Morgan fingerprint density at radius 2 is 1.83 bits per heavy atom. The summed E-state index contributed by atoms with van der Waals surface area (Å²) >= 11 is 3.50. The summed E-state index contributed by atoms with van der Waals surface area (Å²) in [6.07, 6.45) is 1.81. The van der Waals surface area contributed by atoms with Gasteiger partial charge in [0.15, 0.2) is 17.3 Å². The van der Waals surface area contributed by atoms with Crippen LogP contribution >= 0.6 is 15.9 Å². The maximum Gasteiger partial charge on any atom is 0.196 e. The highest BCUT2D eigenvalue weighted by Crippen LogP contribution is 2.35. The Morgan fingerprint density at radius 3 is 2.57 bits per heavy atom. The minimum atomic E-state index is -0.0199. The lowest BCUT2D eigenvalue weighted by Gasteiger charge is -2.19. The van der Waals surface area contributed by atoms with E-state index in [-0.39, 0.29) is 12.4 Å². The first-order valence-electron chi connectivity index (χ1n) is 7.02. The number of hydrogen-bond acceptors (Lipinski definition) is 4. The minimum Gasteiger partial charge on any atom is -0.493 e. The number of halogens is 1. The smallest absolute Gasteiger partial charge is 0.196 e. The van der Waals surface area contributed by atoms with E-state index in [0.29, 0.717) is 28.4 Å². The highest BCUT2D eigenvalue weighted by Gasteiger charge is 2.23. The third-order valence-electron chi connectivity index (χ3n) is 3.64. The van der Waals surface area contributed by atoms with Gasteiger partial charge in [0.2, 0.25) is 0 Å². The van der Waals surface area contributed by atoms with Crippen molar-refractivity contribution in [2.24, 2.45) is 0 Å². The van der Waals surface area contributed by atoms with Crippen LogP contribution in [-0.2, 0) is 0 Å².